The van der Waals surface area contributed by atoms with Crippen molar-refractivity contribution in [1.82, 2.24) is 15.1 Å². The molecule has 2 heterocycles. The number of nitrogens with one attached hydrogen (secondary N) is 1. The molecule has 2 N–H and O–H groups in total. The monoisotopic (exact) mass is 361 g/mol. The number of rotatable bonds is 3. The number of aliphatic hydroxyl groups excluding tert-OH is 1. The van der Waals surface area contributed by atoms with Crippen LogP contribution in [0.5, 0.6) is 5.75 Å². The fraction of sp³-hybridized carbons (Fsp3) is 0.579. The summed E-state index contributed by atoms with van der Waals surface area (Å²) in [6.45, 7) is 5.07. The third kappa shape index (κ3) is 4.46. The number of urea groups is 1. The lowest BCUT2D eigenvalue weighted by molar-refractivity contribution is -0.130. The van der Waals surface area contributed by atoms with Crippen LogP contribution in [0.3, 0.4) is 0 Å². The summed E-state index contributed by atoms with van der Waals surface area (Å²) in [4.78, 5) is 27.7. The molecular weight excluding hydrogens is 334 g/mol. The van der Waals surface area contributed by atoms with E-state index in [1.54, 1.807) is 11.8 Å². The number of carbonyl (C=O) groups excluding carboxylic acids is 2. The third-order valence-corrected chi connectivity index (χ3v) is 5.08. The standard InChI is InChI=1S/C19H27N3O4/c1-14(24)21-6-2-3-16(11-21)10-20-19(25)22-7-8-26-18-5-4-15(13-23)9-17(18)12-22/h4-5,9,16,23H,2-3,6-8,10-13H2,1H3,(H,20,25). The number of hydrogen-bond donors (Lipinski definition) is 2. The first-order chi connectivity index (χ1) is 12.6. The van der Waals surface area contributed by atoms with E-state index in [0.717, 1.165) is 36.3 Å². The maximum absolute atomic E-state index is 12.6. The molecule has 0 aliphatic carbocycles. The molecule has 0 saturated carbocycles. The molecule has 2 aliphatic heterocycles. The van der Waals surface area contributed by atoms with Gasteiger partial charge in [0.2, 0.25) is 5.91 Å². The van der Waals surface area contributed by atoms with E-state index in [-0.39, 0.29) is 18.5 Å². The van der Waals surface area contributed by atoms with Gasteiger partial charge in [0, 0.05) is 32.1 Å². The van der Waals surface area contributed by atoms with Gasteiger partial charge in [0.15, 0.2) is 0 Å². The van der Waals surface area contributed by atoms with Gasteiger partial charge in [0.05, 0.1) is 19.7 Å². The van der Waals surface area contributed by atoms with Gasteiger partial charge in [0.1, 0.15) is 12.4 Å². The van der Waals surface area contributed by atoms with E-state index in [2.05, 4.69) is 5.32 Å². The van der Waals surface area contributed by atoms with E-state index in [9.17, 15) is 14.7 Å². The smallest absolute Gasteiger partial charge is 0.317 e. The van der Waals surface area contributed by atoms with Crippen LogP contribution in [-0.2, 0) is 17.9 Å². The van der Waals surface area contributed by atoms with Crippen LogP contribution in [0.1, 0.15) is 30.9 Å². The SMILES string of the molecule is CC(=O)N1CCCC(CNC(=O)N2CCOc3ccc(CO)cc3C2)C1. The molecule has 2 aliphatic rings. The molecule has 7 nitrogen and oxygen atoms in total. The van der Waals surface area contributed by atoms with E-state index < -0.39 is 0 Å². The molecular formula is C19H27N3O4. The Labute approximate surface area is 153 Å². The van der Waals surface area contributed by atoms with Gasteiger partial charge in [-0.3, -0.25) is 4.79 Å². The first-order valence-corrected chi connectivity index (χ1v) is 9.20. The molecule has 1 aromatic rings. The zero-order chi connectivity index (χ0) is 18.5. The molecule has 1 fully saturated rings. The van der Waals surface area contributed by atoms with Crippen molar-refractivity contribution in [3.05, 3.63) is 29.3 Å². The number of piperidine rings is 1. The summed E-state index contributed by atoms with van der Waals surface area (Å²) in [5, 5.41) is 12.3. The number of aliphatic hydroxyl groups is 1. The minimum Gasteiger partial charge on any atom is -0.491 e. The molecule has 1 saturated heterocycles. The van der Waals surface area contributed by atoms with Crippen LogP contribution < -0.4 is 10.1 Å². The van der Waals surface area contributed by atoms with E-state index in [0.29, 0.717) is 38.7 Å². The number of hydrogen-bond acceptors (Lipinski definition) is 4. The zero-order valence-corrected chi connectivity index (χ0v) is 15.2. The number of ether oxygens (including phenoxy) is 1. The van der Waals surface area contributed by atoms with Crippen LogP contribution in [0.25, 0.3) is 0 Å². The van der Waals surface area contributed by atoms with Gasteiger partial charge in [-0.05, 0) is 36.5 Å². The Hall–Kier alpha value is -2.28. The molecule has 0 spiro atoms. The Morgan fingerprint density at radius 1 is 1.31 bits per heavy atom. The van der Waals surface area contributed by atoms with Gasteiger partial charge >= 0.3 is 6.03 Å². The zero-order valence-electron chi connectivity index (χ0n) is 15.2. The predicted octanol–water partition coefficient (Wildman–Crippen LogP) is 1.34. The highest BCUT2D eigenvalue weighted by atomic mass is 16.5. The summed E-state index contributed by atoms with van der Waals surface area (Å²) in [6, 6.07) is 5.45. The molecule has 3 rings (SSSR count). The number of likely N-dealkylation sites (tertiary alicyclic amines) is 1. The van der Waals surface area contributed by atoms with Crippen molar-refractivity contribution < 1.29 is 19.4 Å². The quantitative estimate of drug-likeness (QED) is 0.851. The fourth-order valence-corrected chi connectivity index (χ4v) is 3.58. The molecule has 7 heteroatoms. The Morgan fingerprint density at radius 2 is 2.15 bits per heavy atom. The van der Waals surface area contributed by atoms with Gasteiger partial charge in [-0.2, -0.15) is 0 Å². The summed E-state index contributed by atoms with van der Waals surface area (Å²) in [5.74, 6) is 1.16. The minimum absolute atomic E-state index is 0.0339. The Balaban J connectivity index is 1.56. The van der Waals surface area contributed by atoms with Gasteiger partial charge < -0.3 is 25.0 Å². The number of fused-ring (bicyclic) bond motifs is 1. The van der Waals surface area contributed by atoms with Crippen LogP contribution in [-0.4, -0.2) is 59.6 Å². The third-order valence-electron chi connectivity index (χ3n) is 5.08. The Bertz CT molecular complexity index is 664. The van der Waals surface area contributed by atoms with Crippen LogP contribution in [0.2, 0.25) is 0 Å². The topological polar surface area (TPSA) is 82.1 Å². The van der Waals surface area contributed by atoms with Gasteiger partial charge in [0.25, 0.3) is 0 Å². The van der Waals surface area contributed by atoms with Crippen molar-refractivity contribution in [2.75, 3.05) is 32.8 Å². The lowest BCUT2D eigenvalue weighted by atomic mass is 9.98. The van der Waals surface area contributed by atoms with Gasteiger partial charge in [-0.15, -0.1) is 0 Å². The molecule has 26 heavy (non-hydrogen) atoms. The summed E-state index contributed by atoms with van der Waals surface area (Å²) in [6.07, 6.45) is 2.00. The molecule has 3 amide bonds. The largest absolute Gasteiger partial charge is 0.491 e. The highest BCUT2D eigenvalue weighted by molar-refractivity contribution is 5.74. The first-order valence-electron chi connectivity index (χ1n) is 9.20. The minimum atomic E-state index is -0.115. The average molecular weight is 361 g/mol. The second-order valence-corrected chi connectivity index (χ2v) is 7.03. The molecule has 1 unspecified atom stereocenters. The summed E-state index contributed by atoms with van der Waals surface area (Å²) in [7, 11) is 0. The fourth-order valence-electron chi connectivity index (χ4n) is 3.58. The molecule has 0 aromatic heterocycles. The van der Waals surface area contributed by atoms with E-state index in [1.165, 1.54) is 0 Å². The summed E-state index contributed by atoms with van der Waals surface area (Å²) < 4.78 is 5.72. The lowest BCUT2D eigenvalue weighted by Crippen LogP contribution is -2.46. The summed E-state index contributed by atoms with van der Waals surface area (Å²) >= 11 is 0. The summed E-state index contributed by atoms with van der Waals surface area (Å²) in [5.41, 5.74) is 1.71. The number of nitrogens with zero attached hydrogens (tertiary/aromatic N) is 2. The highest BCUT2D eigenvalue weighted by Gasteiger charge is 2.24. The highest BCUT2D eigenvalue weighted by Crippen LogP contribution is 2.24. The second-order valence-electron chi connectivity index (χ2n) is 7.03. The van der Waals surface area contributed by atoms with E-state index >= 15 is 0 Å². The van der Waals surface area contributed by atoms with Crippen LogP contribution in [0.15, 0.2) is 18.2 Å². The molecule has 142 valence electrons. The first kappa shape index (κ1) is 18.5. The van der Waals surface area contributed by atoms with E-state index in [4.69, 9.17) is 4.74 Å². The maximum atomic E-state index is 12.6. The van der Waals surface area contributed by atoms with Gasteiger partial charge in [-0.1, -0.05) is 6.07 Å². The molecule has 1 aromatic carbocycles. The van der Waals surface area contributed by atoms with Crippen molar-refractivity contribution in [3.63, 3.8) is 0 Å². The average Bonchev–Trinajstić information content (AvgIpc) is 2.88. The second kappa shape index (κ2) is 8.40. The van der Waals surface area contributed by atoms with Crippen LogP contribution in [0, 0.1) is 5.92 Å². The van der Waals surface area contributed by atoms with Crippen molar-refractivity contribution >= 4 is 11.9 Å². The van der Waals surface area contributed by atoms with Crippen molar-refractivity contribution in [2.45, 2.75) is 32.9 Å². The normalized spacial score (nSPS) is 20.0. The Morgan fingerprint density at radius 3 is 2.92 bits per heavy atom. The number of carbonyl (C=O) groups is 2. The lowest BCUT2D eigenvalue weighted by Gasteiger charge is -2.32. The van der Waals surface area contributed by atoms with Crippen molar-refractivity contribution in [2.24, 2.45) is 5.92 Å². The van der Waals surface area contributed by atoms with Crippen molar-refractivity contribution in [1.29, 1.82) is 0 Å². The van der Waals surface area contributed by atoms with Gasteiger partial charge in [-0.25, -0.2) is 4.79 Å². The maximum Gasteiger partial charge on any atom is 0.317 e. The number of benzene rings is 1. The predicted molar refractivity (Wildman–Crippen MR) is 96.6 cm³/mol. The van der Waals surface area contributed by atoms with Crippen LogP contribution in [0.4, 0.5) is 4.79 Å². The molecule has 0 bridgehead atoms. The Kier molecular flexibility index (Phi) is 5.98. The van der Waals surface area contributed by atoms with Crippen LogP contribution >= 0.6 is 0 Å². The van der Waals surface area contributed by atoms with E-state index in [1.807, 2.05) is 23.1 Å². The van der Waals surface area contributed by atoms with Crippen molar-refractivity contribution in [3.8, 4) is 5.75 Å². The molecule has 0 radical (unpaired) electrons. The molecule has 1 atom stereocenters. The number of amides is 3.